The van der Waals surface area contributed by atoms with Crippen LogP contribution in [0.25, 0.3) is 11.3 Å². The van der Waals surface area contributed by atoms with Crippen molar-refractivity contribution in [3.8, 4) is 17.3 Å². The van der Waals surface area contributed by atoms with Crippen LogP contribution >= 0.6 is 0 Å². The van der Waals surface area contributed by atoms with E-state index in [1.807, 2.05) is 24.3 Å². The molecule has 0 radical (unpaired) electrons. The van der Waals surface area contributed by atoms with Crippen LogP contribution in [0.3, 0.4) is 0 Å². The number of pyridine rings is 1. The normalized spacial score (nSPS) is 9.59. The average Bonchev–Trinajstić information content (AvgIpc) is 2.39. The van der Waals surface area contributed by atoms with Crippen LogP contribution < -0.4 is 0 Å². The fraction of sp³-hybridized carbons (Fsp3) is 0. The molecule has 0 unspecified atom stereocenters. The summed E-state index contributed by atoms with van der Waals surface area (Å²) in [7, 11) is 0. The van der Waals surface area contributed by atoms with Gasteiger partial charge in [-0.15, -0.1) is 0 Å². The minimum atomic E-state index is -0.567. The summed E-state index contributed by atoms with van der Waals surface area (Å²) >= 11 is 0. The summed E-state index contributed by atoms with van der Waals surface area (Å²) in [5, 5.41) is 19.5. The molecule has 0 N–H and O–H groups in total. The van der Waals surface area contributed by atoms with Crippen LogP contribution in [0.2, 0.25) is 0 Å². The molecule has 0 saturated carbocycles. The Labute approximate surface area is 97.1 Å². The first-order chi connectivity index (χ1) is 8.22. The summed E-state index contributed by atoms with van der Waals surface area (Å²) in [6, 6.07) is 12.2. The summed E-state index contributed by atoms with van der Waals surface area (Å²) < 4.78 is 0. The number of rotatable bonds is 2. The molecule has 0 fully saturated rings. The van der Waals surface area contributed by atoms with Gasteiger partial charge in [0.05, 0.1) is 16.2 Å². The maximum atomic E-state index is 10.6. The third-order valence-corrected chi connectivity index (χ3v) is 2.25. The highest BCUT2D eigenvalue weighted by Crippen LogP contribution is 2.23. The van der Waals surface area contributed by atoms with Gasteiger partial charge in [-0.25, -0.2) is 4.98 Å². The standard InChI is InChI=1S/C12H7N3O2/c13-7-10-6-11(15(16)17)8-14-12(10)9-4-2-1-3-5-9/h1-6,8H. The van der Waals surface area contributed by atoms with Gasteiger partial charge in [0.15, 0.2) is 0 Å². The molecule has 82 valence electrons. The fourth-order valence-corrected chi connectivity index (χ4v) is 1.46. The van der Waals surface area contributed by atoms with Gasteiger partial charge in [0.25, 0.3) is 5.69 Å². The molecule has 0 spiro atoms. The molecule has 1 aromatic carbocycles. The zero-order valence-corrected chi connectivity index (χ0v) is 8.70. The molecule has 2 aromatic rings. The number of nitrogens with zero attached hydrogens (tertiary/aromatic N) is 3. The minimum Gasteiger partial charge on any atom is -0.258 e. The monoisotopic (exact) mass is 225 g/mol. The number of benzene rings is 1. The molecule has 5 nitrogen and oxygen atoms in total. The highest BCUT2D eigenvalue weighted by Gasteiger charge is 2.12. The molecule has 1 aromatic heterocycles. The lowest BCUT2D eigenvalue weighted by atomic mass is 10.1. The van der Waals surface area contributed by atoms with Crippen molar-refractivity contribution in [1.29, 1.82) is 5.26 Å². The lowest BCUT2D eigenvalue weighted by Gasteiger charge is -2.02. The van der Waals surface area contributed by atoms with E-state index in [0.717, 1.165) is 11.8 Å². The summed E-state index contributed by atoms with van der Waals surface area (Å²) in [6.07, 6.45) is 1.16. The first-order valence-electron chi connectivity index (χ1n) is 4.82. The second-order valence-corrected chi connectivity index (χ2v) is 3.32. The third kappa shape index (κ3) is 2.11. The fourth-order valence-electron chi connectivity index (χ4n) is 1.46. The van der Waals surface area contributed by atoms with Crippen LogP contribution in [0, 0.1) is 21.4 Å². The smallest absolute Gasteiger partial charge is 0.258 e. The molecule has 0 aliphatic heterocycles. The van der Waals surface area contributed by atoms with Crippen molar-refractivity contribution in [1.82, 2.24) is 4.98 Å². The van der Waals surface area contributed by atoms with E-state index in [1.54, 1.807) is 12.1 Å². The number of hydrogen-bond acceptors (Lipinski definition) is 4. The third-order valence-electron chi connectivity index (χ3n) is 2.25. The Balaban J connectivity index is 2.57. The molecule has 0 amide bonds. The van der Waals surface area contributed by atoms with E-state index in [9.17, 15) is 10.1 Å². The van der Waals surface area contributed by atoms with E-state index < -0.39 is 4.92 Å². The number of aromatic nitrogens is 1. The molecule has 17 heavy (non-hydrogen) atoms. The van der Waals surface area contributed by atoms with Crippen LogP contribution in [-0.4, -0.2) is 9.91 Å². The predicted octanol–water partition coefficient (Wildman–Crippen LogP) is 2.53. The van der Waals surface area contributed by atoms with E-state index in [-0.39, 0.29) is 11.3 Å². The quantitative estimate of drug-likeness (QED) is 0.581. The van der Waals surface area contributed by atoms with Gasteiger partial charge in [-0.1, -0.05) is 30.3 Å². The highest BCUT2D eigenvalue weighted by atomic mass is 16.6. The van der Waals surface area contributed by atoms with Crippen molar-refractivity contribution in [3.63, 3.8) is 0 Å². The molecule has 0 aliphatic carbocycles. The van der Waals surface area contributed by atoms with Crippen LogP contribution in [0.4, 0.5) is 5.69 Å². The first kappa shape index (κ1) is 10.8. The molecule has 1 heterocycles. The van der Waals surface area contributed by atoms with Gasteiger partial charge in [-0.3, -0.25) is 10.1 Å². The molecule has 0 bridgehead atoms. The van der Waals surface area contributed by atoms with E-state index in [0.29, 0.717) is 5.69 Å². The van der Waals surface area contributed by atoms with Gasteiger partial charge in [-0.2, -0.15) is 5.26 Å². The molecular formula is C12H7N3O2. The Morgan fingerprint density at radius 1 is 1.29 bits per heavy atom. The Bertz CT molecular complexity index is 603. The van der Waals surface area contributed by atoms with Crippen molar-refractivity contribution in [2.75, 3.05) is 0 Å². The van der Waals surface area contributed by atoms with Gasteiger partial charge >= 0.3 is 0 Å². The molecule has 2 rings (SSSR count). The summed E-state index contributed by atoms with van der Waals surface area (Å²) in [4.78, 5) is 14.0. The Morgan fingerprint density at radius 2 is 2.00 bits per heavy atom. The van der Waals surface area contributed by atoms with Crippen LogP contribution in [-0.2, 0) is 0 Å². The largest absolute Gasteiger partial charge is 0.288 e. The van der Waals surface area contributed by atoms with Crippen LogP contribution in [0.1, 0.15) is 5.56 Å². The maximum absolute atomic E-state index is 10.6. The predicted molar refractivity (Wildman–Crippen MR) is 61.0 cm³/mol. The maximum Gasteiger partial charge on any atom is 0.288 e. The topological polar surface area (TPSA) is 79.8 Å². The first-order valence-corrected chi connectivity index (χ1v) is 4.82. The van der Waals surface area contributed by atoms with Gasteiger partial charge in [0.2, 0.25) is 0 Å². The van der Waals surface area contributed by atoms with Gasteiger partial charge in [0.1, 0.15) is 12.3 Å². The van der Waals surface area contributed by atoms with E-state index in [4.69, 9.17) is 5.26 Å². The van der Waals surface area contributed by atoms with Crippen molar-refractivity contribution < 1.29 is 4.92 Å². The molecule has 5 heteroatoms. The highest BCUT2D eigenvalue weighted by molar-refractivity contribution is 5.67. The van der Waals surface area contributed by atoms with E-state index >= 15 is 0 Å². The number of nitriles is 1. The van der Waals surface area contributed by atoms with E-state index in [2.05, 4.69) is 4.98 Å². The van der Waals surface area contributed by atoms with Crippen molar-refractivity contribution in [2.24, 2.45) is 0 Å². The SMILES string of the molecule is N#Cc1cc([N+](=O)[O-])cnc1-c1ccccc1. The number of hydrogen-bond donors (Lipinski definition) is 0. The summed E-state index contributed by atoms with van der Waals surface area (Å²) in [6.45, 7) is 0. The van der Waals surface area contributed by atoms with Crippen molar-refractivity contribution in [3.05, 3.63) is 58.3 Å². The Hall–Kier alpha value is -2.74. The van der Waals surface area contributed by atoms with Gasteiger partial charge in [-0.05, 0) is 0 Å². The lowest BCUT2D eigenvalue weighted by molar-refractivity contribution is -0.385. The van der Waals surface area contributed by atoms with Crippen molar-refractivity contribution in [2.45, 2.75) is 0 Å². The Morgan fingerprint density at radius 3 is 2.59 bits per heavy atom. The van der Waals surface area contributed by atoms with Gasteiger partial charge in [0, 0.05) is 11.6 Å². The second kappa shape index (κ2) is 4.41. The number of nitro groups is 1. The zero-order valence-electron chi connectivity index (χ0n) is 8.70. The van der Waals surface area contributed by atoms with Crippen LogP contribution in [0.15, 0.2) is 42.6 Å². The minimum absolute atomic E-state index is 0.179. The van der Waals surface area contributed by atoms with Crippen LogP contribution in [0.5, 0.6) is 0 Å². The average molecular weight is 225 g/mol. The molecular weight excluding hydrogens is 218 g/mol. The van der Waals surface area contributed by atoms with Crippen molar-refractivity contribution >= 4 is 5.69 Å². The van der Waals surface area contributed by atoms with E-state index in [1.165, 1.54) is 6.07 Å². The summed E-state index contributed by atoms with van der Waals surface area (Å²) in [5.41, 5.74) is 1.24. The molecule has 0 saturated heterocycles. The van der Waals surface area contributed by atoms with Gasteiger partial charge < -0.3 is 0 Å². The lowest BCUT2D eigenvalue weighted by Crippen LogP contribution is -1.94. The second-order valence-electron chi connectivity index (χ2n) is 3.32. The molecule has 0 atom stereocenters. The molecule has 0 aliphatic rings. The zero-order chi connectivity index (χ0) is 12.3. The Kier molecular flexibility index (Phi) is 2.79. The summed E-state index contributed by atoms with van der Waals surface area (Å²) in [5.74, 6) is 0.